The predicted octanol–water partition coefficient (Wildman–Crippen LogP) is 5.45. The van der Waals surface area contributed by atoms with Gasteiger partial charge in [-0.15, -0.1) is 0 Å². The Labute approximate surface area is 135 Å². The van der Waals surface area contributed by atoms with Crippen LogP contribution in [0, 0.1) is 10.6 Å². The molecule has 1 N–H and O–H groups in total. The highest BCUT2D eigenvalue weighted by molar-refractivity contribution is 9.10. The third-order valence-electron chi connectivity index (χ3n) is 4.10. The van der Waals surface area contributed by atoms with Crippen molar-refractivity contribution in [3.05, 3.63) is 27.2 Å². The molecule has 3 rings (SSSR count). The predicted molar refractivity (Wildman–Crippen MR) is 89.6 cm³/mol. The van der Waals surface area contributed by atoms with Crippen molar-refractivity contribution in [1.82, 2.24) is 9.55 Å². The molecule has 0 bridgehead atoms. The van der Waals surface area contributed by atoms with E-state index in [4.69, 9.17) is 12.2 Å². The van der Waals surface area contributed by atoms with Crippen LogP contribution in [0.3, 0.4) is 0 Å². The highest BCUT2D eigenvalue weighted by Crippen LogP contribution is 2.36. The van der Waals surface area contributed by atoms with Gasteiger partial charge in [-0.05, 0) is 66.2 Å². The van der Waals surface area contributed by atoms with E-state index in [-0.39, 0.29) is 5.82 Å². The van der Waals surface area contributed by atoms with Crippen LogP contribution in [0.2, 0.25) is 0 Å². The number of halogens is 2. The molecule has 2 aromatic rings. The van der Waals surface area contributed by atoms with E-state index in [9.17, 15) is 4.39 Å². The average Bonchev–Trinajstić information content (AvgIpc) is 2.75. The van der Waals surface area contributed by atoms with Crippen molar-refractivity contribution in [3.8, 4) is 0 Å². The molecule has 1 aliphatic rings. The molecule has 0 spiro atoms. The Morgan fingerprint density at radius 2 is 2.05 bits per heavy atom. The van der Waals surface area contributed by atoms with Crippen LogP contribution in [0.15, 0.2) is 16.6 Å². The molecule has 108 valence electrons. The van der Waals surface area contributed by atoms with E-state index in [0.717, 1.165) is 29.1 Å². The van der Waals surface area contributed by atoms with Gasteiger partial charge in [-0.2, -0.15) is 11.8 Å². The first-order valence-corrected chi connectivity index (χ1v) is 9.21. The lowest BCUT2D eigenvalue weighted by Gasteiger charge is -2.28. The first-order chi connectivity index (χ1) is 9.60. The lowest BCUT2D eigenvalue weighted by atomic mass is 9.94. The van der Waals surface area contributed by atoms with Gasteiger partial charge in [-0.1, -0.05) is 0 Å². The van der Waals surface area contributed by atoms with E-state index < -0.39 is 0 Å². The van der Waals surface area contributed by atoms with Crippen molar-refractivity contribution in [2.45, 2.75) is 37.0 Å². The standard InChI is InChI=1S/C14H16BrFN2S2/c1-20-9-4-2-8(3-5-9)18-13-7-11(16)10(15)6-12(13)17-14(18)19/h6-9H,2-5H2,1H3,(H,17,19). The highest BCUT2D eigenvalue weighted by Gasteiger charge is 2.24. The van der Waals surface area contributed by atoms with Crippen molar-refractivity contribution in [2.75, 3.05) is 6.26 Å². The molecule has 2 nitrogen and oxygen atoms in total. The number of aromatic nitrogens is 2. The zero-order chi connectivity index (χ0) is 14.3. The van der Waals surface area contributed by atoms with Gasteiger partial charge in [-0.25, -0.2) is 4.39 Å². The lowest BCUT2D eigenvalue weighted by Crippen LogP contribution is -2.19. The Bertz CT molecular complexity index is 686. The number of aromatic amines is 1. The Kier molecular flexibility index (Phi) is 4.24. The van der Waals surface area contributed by atoms with Crippen LogP contribution < -0.4 is 0 Å². The summed E-state index contributed by atoms with van der Waals surface area (Å²) in [5, 5.41) is 0.761. The molecule has 1 aromatic heterocycles. The van der Waals surface area contributed by atoms with Gasteiger partial charge in [0.05, 0.1) is 15.5 Å². The first-order valence-electron chi connectivity index (χ1n) is 6.72. The largest absolute Gasteiger partial charge is 0.331 e. The molecule has 1 aliphatic carbocycles. The quantitative estimate of drug-likeness (QED) is 0.705. The maximum absolute atomic E-state index is 13.8. The smallest absolute Gasteiger partial charge is 0.178 e. The zero-order valence-electron chi connectivity index (χ0n) is 11.2. The number of thioether (sulfide) groups is 1. The van der Waals surface area contributed by atoms with Gasteiger partial charge in [0.1, 0.15) is 5.82 Å². The minimum atomic E-state index is -0.238. The molecule has 0 radical (unpaired) electrons. The minimum absolute atomic E-state index is 0.238. The molecular weight excluding hydrogens is 359 g/mol. The van der Waals surface area contributed by atoms with Crippen LogP contribution >= 0.6 is 39.9 Å². The molecule has 20 heavy (non-hydrogen) atoms. The molecule has 1 heterocycles. The highest BCUT2D eigenvalue weighted by atomic mass is 79.9. The summed E-state index contributed by atoms with van der Waals surface area (Å²) in [4.78, 5) is 3.19. The van der Waals surface area contributed by atoms with Gasteiger partial charge in [0.25, 0.3) is 0 Å². The summed E-state index contributed by atoms with van der Waals surface area (Å²) in [6.07, 6.45) is 6.82. The monoisotopic (exact) mass is 374 g/mol. The first kappa shape index (κ1) is 14.6. The molecule has 0 aliphatic heterocycles. The van der Waals surface area contributed by atoms with Gasteiger partial charge in [0.2, 0.25) is 0 Å². The number of imidazole rings is 1. The Hall–Kier alpha value is -0.330. The van der Waals surface area contributed by atoms with E-state index in [1.807, 2.05) is 11.8 Å². The molecule has 0 amide bonds. The second kappa shape index (κ2) is 5.81. The van der Waals surface area contributed by atoms with Crippen LogP contribution in [0.5, 0.6) is 0 Å². The van der Waals surface area contributed by atoms with Crippen LogP contribution in [0.25, 0.3) is 11.0 Å². The molecular formula is C14H16BrFN2S2. The molecule has 1 saturated carbocycles. The van der Waals surface area contributed by atoms with E-state index >= 15 is 0 Å². The van der Waals surface area contributed by atoms with Crippen molar-refractivity contribution < 1.29 is 4.39 Å². The second-order valence-electron chi connectivity index (χ2n) is 5.25. The Morgan fingerprint density at radius 3 is 2.70 bits per heavy atom. The van der Waals surface area contributed by atoms with Crippen molar-refractivity contribution in [2.24, 2.45) is 0 Å². The summed E-state index contributed by atoms with van der Waals surface area (Å²) >= 11 is 10.6. The maximum atomic E-state index is 13.8. The van der Waals surface area contributed by atoms with E-state index in [2.05, 4.69) is 31.7 Å². The molecule has 1 aromatic carbocycles. The summed E-state index contributed by atoms with van der Waals surface area (Å²) < 4.78 is 17.1. The molecule has 0 unspecified atom stereocenters. The van der Waals surface area contributed by atoms with E-state index in [1.165, 1.54) is 12.8 Å². The number of fused-ring (bicyclic) bond motifs is 1. The van der Waals surface area contributed by atoms with Crippen LogP contribution in [-0.2, 0) is 0 Å². The van der Waals surface area contributed by atoms with Crippen molar-refractivity contribution >= 4 is 50.9 Å². The number of nitrogens with one attached hydrogen (secondary N) is 1. The van der Waals surface area contributed by atoms with Gasteiger partial charge >= 0.3 is 0 Å². The fourth-order valence-corrected chi connectivity index (χ4v) is 4.47. The van der Waals surface area contributed by atoms with Crippen LogP contribution in [-0.4, -0.2) is 21.1 Å². The zero-order valence-corrected chi connectivity index (χ0v) is 14.4. The summed E-state index contributed by atoms with van der Waals surface area (Å²) in [6.45, 7) is 0. The van der Waals surface area contributed by atoms with Gasteiger partial charge in [0.15, 0.2) is 4.77 Å². The summed E-state index contributed by atoms with van der Waals surface area (Å²) in [6, 6.07) is 3.73. The Morgan fingerprint density at radius 1 is 1.35 bits per heavy atom. The van der Waals surface area contributed by atoms with E-state index in [0.29, 0.717) is 15.3 Å². The SMILES string of the molecule is CSC1CCC(n2c(=S)[nH]c3cc(Br)c(F)cc32)CC1. The number of hydrogen-bond acceptors (Lipinski definition) is 2. The van der Waals surface area contributed by atoms with Crippen LogP contribution in [0.4, 0.5) is 4.39 Å². The summed E-state index contributed by atoms with van der Waals surface area (Å²) in [5.41, 5.74) is 1.78. The topological polar surface area (TPSA) is 20.7 Å². The number of rotatable bonds is 2. The van der Waals surface area contributed by atoms with Gasteiger partial charge < -0.3 is 9.55 Å². The minimum Gasteiger partial charge on any atom is -0.331 e. The normalized spacial score (nSPS) is 23.4. The fraction of sp³-hybridized carbons (Fsp3) is 0.500. The Balaban J connectivity index is 2.01. The van der Waals surface area contributed by atoms with Crippen molar-refractivity contribution in [1.29, 1.82) is 0 Å². The third-order valence-corrected chi connectivity index (χ3v) is 6.15. The maximum Gasteiger partial charge on any atom is 0.178 e. The molecule has 1 fully saturated rings. The average molecular weight is 375 g/mol. The van der Waals surface area contributed by atoms with E-state index in [1.54, 1.807) is 12.1 Å². The number of nitrogens with zero attached hydrogens (tertiary/aromatic N) is 1. The van der Waals surface area contributed by atoms with Crippen molar-refractivity contribution in [3.63, 3.8) is 0 Å². The number of benzene rings is 1. The van der Waals surface area contributed by atoms with Gasteiger partial charge in [0, 0.05) is 17.4 Å². The van der Waals surface area contributed by atoms with Gasteiger partial charge in [-0.3, -0.25) is 0 Å². The molecule has 0 atom stereocenters. The number of H-pyrrole nitrogens is 1. The second-order valence-corrected chi connectivity index (χ2v) is 7.63. The summed E-state index contributed by atoms with van der Waals surface area (Å²) in [5.74, 6) is -0.238. The fourth-order valence-electron chi connectivity index (χ4n) is 3.02. The summed E-state index contributed by atoms with van der Waals surface area (Å²) in [7, 11) is 0. The number of hydrogen-bond donors (Lipinski definition) is 1. The third kappa shape index (κ3) is 2.57. The molecule has 0 saturated heterocycles. The molecule has 6 heteroatoms. The lowest BCUT2D eigenvalue weighted by molar-refractivity contribution is 0.364. The van der Waals surface area contributed by atoms with Crippen LogP contribution in [0.1, 0.15) is 31.7 Å².